The minimum Gasteiger partial charge on any atom is -0.483 e. The number of fused-ring (bicyclic) bond motifs is 1. The molecule has 2 N–H and O–H groups in total. The van der Waals surface area contributed by atoms with Crippen LogP contribution in [0.25, 0.3) is 0 Å². The molecule has 1 aliphatic rings. The fraction of sp³-hybridized carbons (Fsp3) is 0.368. The average molecular weight is 397 g/mol. The Morgan fingerprint density at radius 2 is 2.10 bits per heavy atom. The molecule has 0 bridgehead atoms. The molecule has 2 aromatic heterocycles. The lowest BCUT2D eigenvalue weighted by atomic mass is 9.91. The van der Waals surface area contributed by atoms with Crippen molar-refractivity contribution in [1.82, 2.24) is 35.1 Å². The first-order valence-corrected chi connectivity index (χ1v) is 9.33. The first-order valence-electron chi connectivity index (χ1n) is 9.33. The number of H-pyrrole nitrogens is 1. The van der Waals surface area contributed by atoms with E-state index in [1.807, 2.05) is 11.0 Å². The molecule has 3 aromatic rings. The number of hydrogen-bond donors (Lipinski definition) is 2. The number of nitrogens with one attached hydrogen (secondary N) is 1. The van der Waals surface area contributed by atoms with E-state index in [-0.39, 0.29) is 18.3 Å². The Balaban J connectivity index is 0.000000755. The molecule has 0 aliphatic carbocycles. The third-order valence-electron chi connectivity index (χ3n) is 4.85. The number of imidazole rings is 1. The number of carbonyl (C=O) groups excluding carboxylic acids is 1. The molecule has 1 unspecified atom stereocenters. The van der Waals surface area contributed by atoms with Gasteiger partial charge in [0, 0.05) is 18.9 Å². The van der Waals surface area contributed by atoms with Crippen molar-refractivity contribution in [1.29, 1.82) is 0 Å². The summed E-state index contributed by atoms with van der Waals surface area (Å²) in [7, 11) is 0. The second-order valence-corrected chi connectivity index (χ2v) is 6.69. The molecule has 1 aliphatic heterocycles. The van der Waals surface area contributed by atoms with E-state index >= 15 is 0 Å². The molecule has 152 valence electrons. The van der Waals surface area contributed by atoms with Crippen molar-refractivity contribution in [2.75, 3.05) is 6.54 Å². The molecule has 0 saturated carbocycles. The predicted molar refractivity (Wildman–Crippen MR) is 103 cm³/mol. The smallest absolute Gasteiger partial charge is 0.290 e. The van der Waals surface area contributed by atoms with Crippen LogP contribution in [0.15, 0.2) is 43.0 Å². The van der Waals surface area contributed by atoms with E-state index in [0.29, 0.717) is 26.1 Å². The van der Waals surface area contributed by atoms with Crippen LogP contribution in [0.2, 0.25) is 0 Å². The van der Waals surface area contributed by atoms with Crippen LogP contribution in [0.1, 0.15) is 35.7 Å². The second-order valence-electron chi connectivity index (χ2n) is 6.69. The van der Waals surface area contributed by atoms with Gasteiger partial charge in [-0.2, -0.15) is 0 Å². The first kappa shape index (κ1) is 20.2. The van der Waals surface area contributed by atoms with Crippen molar-refractivity contribution in [3.63, 3.8) is 0 Å². The third-order valence-corrected chi connectivity index (χ3v) is 4.85. The Bertz CT molecular complexity index is 896. The Labute approximate surface area is 167 Å². The van der Waals surface area contributed by atoms with Crippen molar-refractivity contribution in [3.8, 4) is 0 Å². The van der Waals surface area contributed by atoms with Crippen LogP contribution in [0.3, 0.4) is 0 Å². The zero-order valence-corrected chi connectivity index (χ0v) is 15.9. The van der Waals surface area contributed by atoms with Gasteiger partial charge < -0.3 is 15.0 Å². The Hall–Kier alpha value is -3.56. The van der Waals surface area contributed by atoms with Crippen LogP contribution >= 0.6 is 0 Å². The fourth-order valence-electron chi connectivity index (χ4n) is 3.47. The highest BCUT2D eigenvalue weighted by atomic mass is 16.3. The zero-order valence-electron chi connectivity index (χ0n) is 15.9. The molecule has 1 amide bonds. The summed E-state index contributed by atoms with van der Waals surface area (Å²) in [5.41, 5.74) is 3.46. The molecule has 29 heavy (non-hydrogen) atoms. The van der Waals surface area contributed by atoms with Crippen LogP contribution < -0.4 is 0 Å². The van der Waals surface area contributed by atoms with Crippen molar-refractivity contribution >= 4 is 12.4 Å². The Morgan fingerprint density at radius 3 is 2.83 bits per heavy atom. The average Bonchev–Trinajstić information content (AvgIpc) is 3.43. The zero-order chi connectivity index (χ0) is 20.5. The second kappa shape index (κ2) is 10.1. The van der Waals surface area contributed by atoms with Crippen LogP contribution in [-0.4, -0.2) is 59.1 Å². The Morgan fingerprint density at radius 1 is 1.31 bits per heavy atom. The lowest BCUT2D eigenvalue weighted by molar-refractivity contribution is -0.133. The SMILES string of the molecule is O=C(CCn1cnnn1)N1Cc2[nH]cnc2C(CCc2ccccc2)C1.O=CO. The molecule has 3 heterocycles. The van der Waals surface area contributed by atoms with Gasteiger partial charge in [-0.25, -0.2) is 9.67 Å². The highest BCUT2D eigenvalue weighted by molar-refractivity contribution is 5.76. The van der Waals surface area contributed by atoms with Gasteiger partial charge in [0.05, 0.1) is 30.8 Å². The highest BCUT2D eigenvalue weighted by Crippen LogP contribution is 2.29. The molecule has 0 spiro atoms. The van der Waals surface area contributed by atoms with Crippen LogP contribution in [0.5, 0.6) is 0 Å². The maximum Gasteiger partial charge on any atom is 0.290 e. The lowest BCUT2D eigenvalue weighted by Crippen LogP contribution is -2.39. The summed E-state index contributed by atoms with van der Waals surface area (Å²) in [6, 6.07) is 10.4. The van der Waals surface area contributed by atoms with Gasteiger partial charge in [0.2, 0.25) is 5.91 Å². The summed E-state index contributed by atoms with van der Waals surface area (Å²) in [6.07, 6.45) is 5.59. The van der Waals surface area contributed by atoms with Gasteiger partial charge in [-0.1, -0.05) is 30.3 Å². The molecule has 4 rings (SSSR count). The lowest BCUT2D eigenvalue weighted by Gasteiger charge is -2.32. The van der Waals surface area contributed by atoms with Crippen molar-refractivity contribution in [3.05, 3.63) is 59.9 Å². The summed E-state index contributed by atoms with van der Waals surface area (Å²) >= 11 is 0. The van der Waals surface area contributed by atoms with Gasteiger partial charge >= 0.3 is 0 Å². The number of amides is 1. The number of benzene rings is 1. The largest absolute Gasteiger partial charge is 0.483 e. The van der Waals surface area contributed by atoms with Crippen molar-refractivity contribution in [2.24, 2.45) is 0 Å². The van der Waals surface area contributed by atoms with Gasteiger partial charge in [-0.3, -0.25) is 9.59 Å². The van der Waals surface area contributed by atoms with E-state index < -0.39 is 0 Å². The quantitative estimate of drug-likeness (QED) is 0.599. The normalized spacial score (nSPS) is 15.2. The van der Waals surface area contributed by atoms with Gasteiger partial charge in [0.1, 0.15) is 6.33 Å². The number of aromatic amines is 1. The summed E-state index contributed by atoms with van der Waals surface area (Å²) < 4.78 is 1.58. The van der Waals surface area contributed by atoms with E-state index in [0.717, 1.165) is 24.2 Å². The van der Waals surface area contributed by atoms with Gasteiger partial charge in [-0.05, 0) is 28.8 Å². The van der Waals surface area contributed by atoms with E-state index in [4.69, 9.17) is 9.90 Å². The molecular formula is C19H23N7O3. The van der Waals surface area contributed by atoms with E-state index in [1.165, 1.54) is 11.9 Å². The molecule has 0 fully saturated rings. The number of nitrogens with zero attached hydrogens (tertiary/aromatic N) is 6. The summed E-state index contributed by atoms with van der Waals surface area (Å²) in [5, 5.41) is 17.9. The fourth-order valence-corrected chi connectivity index (χ4v) is 3.47. The minimum atomic E-state index is -0.250. The summed E-state index contributed by atoms with van der Waals surface area (Å²) in [6.45, 7) is 1.54. The molecule has 10 nitrogen and oxygen atoms in total. The van der Waals surface area contributed by atoms with Gasteiger partial charge in [-0.15, -0.1) is 5.10 Å². The van der Waals surface area contributed by atoms with Crippen LogP contribution in [0, 0.1) is 0 Å². The topological polar surface area (TPSA) is 130 Å². The maximum atomic E-state index is 12.7. The van der Waals surface area contributed by atoms with Crippen molar-refractivity contribution < 1.29 is 14.7 Å². The predicted octanol–water partition coefficient (Wildman–Crippen LogP) is 1.25. The molecule has 0 saturated heterocycles. The number of aryl methyl sites for hydroxylation is 2. The highest BCUT2D eigenvalue weighted by Gasteiger charge is 2.29. The van der Waals surface area contributed by atoms with Crippen LogP contribution in [-0.2, 0) is 29.1 Å². The molecular weight excluding hydrogens is 374 g/mol. The van der Waals surface area contributed by atoms with Gasteiger partial charge in [0.15, 0.2) is 0 Å². The van der Waals surface area contributed by atoms with Crippen molar-refractivity contribution in [2.45, 2.75) is 38.3 Å². The van der Waals surface area contributed by atoms with E-state index in [1.54, 1.807) is 11.0 Å². The van der Waals surface area contributed by atoms with Gasteiger partial charge in [0.25, 0.3) is 6.47 Å². The third kappa shape index (κ3) is 5.47. The number of rotatable bonds is 6. The molecule has 0 radical (unpaired) electrons. The number of carbonyl (C=O) groups is 2. The molecule has 10 heteroatoms. The number of carboxylic acid groups (broad SMARTS) is 1. The standard InChI is InChI=1S/C18H21N7O.CH2O2/c26-17(8-9-25-13-21-22-23-25)24-10-15(18-16(11-24)19-12-20-18)7-6-14-4-2-1-3-5-14;2-1-3/h1-5,12-13,15H,6-11H2,(H,19,20);1H,(H,2,3). The molecule has 1 atom stereocenters. The first-order chi connectivity index (χ1) is 14.2. The maximum absolute atomic E-state index is 12.7. The Kier molecular flexibility index (Phi) is 7.04. The van der Waals surface area contributed by atoms with Crippen LogP contribution in [0.4, 0.5) is 0 Å². The summed E-state index contributed by atoms with van der Waals surface area (Å²) in [4.78, 5) is 30.6. The summed E-state index contributed by atoms with van der Waals surface area (Å²) in [5.74, 6) is 0.368. The number of tetrazole rings is 1. The monoisotopic (exact) mass is 397 g/mol. The number of aromatic nitrogens is 6. The molecule has 1 aromatic carbocycles. The minimum absolute atomic E-state index is 0.116. The van der Waals surface area contributed by atoms with E-state index in [9.17, 15) is 4.79 Å². The number of hydrogen-bond acceptors (Lipinski definition) is 6. The van der Waals surface area contributed by atoms with E-state index in [2.05, 4.69) is 49.8 Å².